The predicted molar refractivity (Wildman–Crippen MR) is 86.9 cm³/mol. The maximum atomic E-state index is 12.2. The molecule has 1 aliphatic heterocycles. The van der Waals surface area contributed by atoms with Crippen LogP contribution >= 0.6 is 8.58 Å². The molecular formula is C16H23N2O2P. The lowest BCUT2D eigenvalue weighted by Gasteiger charge is -2.29. The minimum atomic E-state index is -0.157. The van der Waals surface area contributed by atoms with Gasteiger partial charge in [-0.25, -0.2) is 0 Å². The van der Waals surface area contributed by atoms with Gasteiger partial charge in [-0.2, -0.15) is 0 Å². The third-order valence-corrected chi connectivity index (χ3v) is 5.26. The largest absolute Gasteiger partial charge is 0.353 e. The van der Waals surface area contributed by atoms with E-state index in [2.05, 4.69) is 17.4 Å². The summed E-state index contributed by atoms with van der Waals surface area (Å²) in [6, 6.07) is 8.39. The second-order valence-corrected chi connectivity index (χ2v) is 6.55. The molecule has 0 saturated carbocycles. The molecule has 0 radical (unpaired) electrons. The summed E-state index contributed by atoms with van der Waals surface area (Å²) >= 11 is 0. The van der Waals surface area contributed by atoms with Crippen LogP contribution in [-0.4, -0.2) is 29.0 Å². The molecule has 0 bridgehead atoms. The van der Waals surface area contributed by atoms with Gasteiger partial charge in [-0.05, 0) is 23.7 Å². The lowest BCUT2D eigenvalue weighted by Crippen LogP contribution is -2.40. The van der Waals surface area contributed by atoms with Gasteiger partial charge in [0.15, 0.2) is 0 Å². The quantitative estimate of drug-likeness (QED) is 0.668. The minimum absolute atomic E-state index is 0.0385. The summed E-state index contributed by atoms with van der Waals surface area (Å²) in [7, 11) is 0.612. The van der Waals surface area contributed by atoms with Crippen LogP contribution in [0, 0.1) is 0 Å². The fourth-order valence-corrected chi connectivity index (χ4v) is 3.72. The maximum Gasteiger partial charge on any atom is 0.232 e. The van der Waals surface area contributed by atoms with Crippen LogP contribution in [0.5, 0.6) is 0 Å². The summed E-state index contributed by atoms with van der Waals surface area (Å²) < 4.78 is 0. The van der Waals surface area contributed by atoms with Crippen molar-refractivity contribution in [3.05, 3.63) is 29.8 Å². The van der Waals surface area contributed by atoms with Gasteiger partial charge in [0, 0.05) is 18.9 Å². The molecule has 1 N–H and O–H groups in total. The topological polar surface area (TPSA) is 49.4 Å². The summed E-state index contributed by atoms with van der Waals surface area (Å²) in [6.45, 7) is 4.71. The average molecular weight is 306 g/mol. The molecule has 2 amide bonds. The number of hydrogen-bond donors (Lipinski definition) is 1. The van der Waals surface area contributed by atoms with Crippen LogP contribution in [0.3, 0.4) is 0 Å². The number of carbonyl (C=O) groups excluding carboxylic acids is 2. The van der Waals surface area contributed by atoms with Crippen molar-refractivity contribution in [2.75, 3.05) is 6.29 Å². The van der Waals surface area contributed by atoms with Gasteiger partial charge in [0.2, 0.25) is 11.8 Å². The van der Waals surface area contributed by atoms with E-state index in [4.69, 9.17) is 0 Å². The number of nitrogens with zero attached hydrogens (tertiary/aromatic N) is 1. The van der Waals surface area contributed by atoms with Crippen molar-refractivity contribution in [2.45, 2.75) is 45.7 Å². The molecule has 0 spiro atoms. The van der Waals surface area contributed by atoms with Gasteiger partial charge in [0.05, 0.1) is 0 Å². The third kappa shape index (κ3) is 4.28. The highest BCUT2D eigenvalue weighted by atomic mass is 31.1. The molecule has 0 aromatic heterocycles. The van der Waals surface area contributed by atoms with Crippen LogP contribution in [0.1, 0.15) is 38.7 Å². The molecule has 1 unspecified atom stereocenters. The first kappa shape index (κ1) is 16.0. The van der Waals surface area contributed by atoms with E-state index in [1.165, 1.54) is 10.9 Å². The molecule has 21 heavy (non-hydrogen) atoms. The second kappa shape index (κ2) is 7.56. The van der Waals surface area contributed by atoms with E-state index in [9.17, 15) is 9.59 Å². The van der Waals surface area contributed by atoms with Crippen molar-refractivity contribution in [2.24, 2.45) is 0 Å². The molecule has 4 nitrogen and oxygen atoms in total. The summed E-state index contributed by atoms with van der Waals surface area (Å²) in [4.78, 5) is 26.0. The summed E-state index contributed by atoms with van der Waals surface area (Å²) in [5.41, 5.74) is 1.20. The summed E-state index contributed by atoms with van der Waals surface area (Å²) in [5, 5.41) is 4.26. The van der Waals surface area contributed by atoms with Crippen molar-refractivity contribution in [1.29, 1.82) is 0 Å². The number of carbonyl (C=O) groups is 2. The van der Waals surface area contributed by atoms with Gasteiger partial charge in [0.1, 0.15) is 6.42 Å². The highest BCUT2D eigenvalue weighted by molar-refractivity contribution is 7.47. The molecule has 0 fully saturated rings. The highest BCUT2D eigenvalue weighted by Crippen LogP contribution is 2.23. The Morgan fingerprint density at radius 1 is 1.29 bits per heavy atom. The number of amides is 2. The monoisotopic (exact) mass is 306 g/mol. The Bertz CT molecular complexity index is 515. The zero-order chi connectivity index (χ0) is 15.2. The Morgan fingerprint density at radius 2 is 2.00 bits per heavy atom. The first-order valence-electron chi connectivity index (χ1n) is 7.53. The molecule has 1 aliphatic rings. The highest BCUT2D eigenvalue weighted by Gasteiger charge is 2.22. The smallest absolute Gasteiger partial charge is 0.232 e. The third-order valence-electron chi connectivity index (χ3n) is 3.85. The van der Waals surface area contributed by atoms with Crippen molar-refractivity contribution < 1.29 is 9.59 Å². The van der Waals surface area contributed by atoms with E-state index in [-0.39, 0.29) is 24.3 Å². The average Bonchev–Trinajstić information content (AvgIpc) is 2.52. The van der Waals surface area contributed by atoms with Crippen LogP contribution in [-0.2, 0) is 16.1 Å². The molecule has 2 rings (SSSR count). The summed E-state index contributed by atoms with van der Waals surface area (Å²) in [5.74, 6) is -0.226. The van der Waals surface area contributed by atoms with Crippen molar-refractivity contribution in [3.8, 4) is 0 Å². The number of rotatable bonds is 5. The second-order valence-electron chi connectivity index (χ2n) is 5.34. The van der Waals surface area contributed by atoms with Crippen LogP contribution < -0.4 is 10.6 Å². The Morgan fingerprint density at radius 3 is 2.71 bits per heavy atom. The van der Waals surface area contributed by atoms with Gasteiger partial charge in [0.25, 0.3) is 0 Å². The van der Waals surface area contributed by atoms with E-state index in [1.807, 2.05) is 26.0 Å². The molecule has 5 heteroatoms. The van der Waals surface area contributed by atoms with E-state index in [0.29, 0.717) is 15.1 Å². The zero-order valence-corrected chi connectivity index (χ0v) is 13.7. The van der Waals surface area contributed by atoms with Crippen LogP contribution in [0.2, 0.25) is 0 Å². The minimum Gasteiger partial charge on any atom is -0.353 e. The lowest BCUT2D eigenvalue weighted by molar-refractivity contribution is -0.136. The number of nitrogens with one attached hydrogen (secondary N) is 1. The van der Waals surface area contributed by atoms with Crippen LogP contribution in [0.15, 0.2) is 24.3 Å². The molecule has 0 aliphatic carbocycles. The van der Waals surface area contributed by atoms with E-state index in [0.717, 1.165) is 19.1 Å². The molecule has 1 aromatic carbocycles. The fourth-order valence-electron chi connectivity index (χ4n) is 2.47. The Balaban J connectivity index is 1.89. The van der Waals surface area contributed by atoms with Gasteiger partial charge < -0.3 is 10.2 Å². The number of benzene rings is 1. The van der Waals surface area contributed by atoms with Gasteiger partial charge in [-0.1, -0.05) is 46.7 Å². The lowest BCUT2D eigenvalue weighted by atomic mass is 10.1. The normalized spacial score (nSPS) is 15.1. The molecule has 1 atom stereocenters. The maximum absolute atomic E-state index is 12.2. The Hall–Kier alpha value is -1.41. The van der Waals surface area contributed by atoms with Crippen molar-refractivity contribution in [3.63, 3.8) is 0 Å². The fraction of sp³-hybridized carbons (Fsp3) is 0.500. The predicted octanol–water partition coefficient (Wildman–Crippen LogP) is 1.98. The zero-order valence-electron chi connectivity index (χ0n) is 12.7. The molecule has 114 valence electrons. The van der Waals surface area contributed by atoms with E-state index >= 15 is 0 Å². The molecule has 0 saturated heterocycles. The van der Waals surface area contributed by atoms with Crippen molar-refractivity contribution in [1.82, 2.24) is 10.2 Å². The summed E-state index contributed by atoms with van der Waals surface area (Å²) in [6.07, 6.45) is 2.49. The standard InChI is InChI=1S/C16H23N2O2P/c1-3-13(4-2)17-15(19)9-16(20)18-10-12-7-5-6-8-14(12)21-11-18/h5-8,13,21H,3-4,9-11H2,1-2H3,(H,17,19). The van der Waals surface area contributed by atoms with E-state index < -0.39 is 0 Å². The Labute approximate surface area is 128 Å². The first-order chi connectivity index (χ1) is 10.1. The Kier molecular flexibility index (Phi) is 5.75. The molecular weight excluding hydrogens is 283 g/mol. The number of hydrogen-bond acceptors (Lipinski definition) is 2. The van der Waals surface area contributed by atoms with Gasteiger partial charge >= 0.3 is 0 Å². The number of fused-ring (bicyclic) bond motifs is 1. The molecule has 1 heterocycles. The van der Waals surface area contributed by atoms with Crippen LogP contribution in [0.25, 0.3) is 0 Å². The first-order valence-corrected chi connectivity index (χ1v) is 8.73. The van der Waals surface area contributed by atoms with Crippen molar-refractivity contribution >= 4 is 25.7 Å². The SMILES string of the molecule is CCC(CC)NC(=O)CC(=O)N1CPc2ccccc2C1. The van der Waals surface area contributed by atoms with Gasteiger partial charge in [-0.15, -0.1) is 0 Å². The van der Waals surface area contributed by atoms with Gasteiger partial charge in [-0.3, -0.25) is 9.59 Å². The molecule has 1 aromatic rings. The van der Waals surface area contributed by atoms with E-state index in [1.54, 1.807) is 4.90 Å². The van der Waals surface area contributed by atoms with Crippen LogP contribution in [0.4, 0.5) is 0 Å².